The van der Waals surface area contributed by atoms with Gasteiger partial charge in [0, 0.05) is 5.56 Å². The number of hydrogen-bond donors (Lipinski definition) is 0. The van der Waals surface area contributed by atoms with Gasteiger partial charge in [0.1, 0.15) is 12.3 Å². The van der Waals surface area contributed by atoms with Crippen LogP contribution in [0.2, 0.25) is 0 Å². The number of halogens is 25. The normalized spacial score (nSPS) is 13.4. The molecule has 0 saturated carbocycles. The van der Waals surface area contributed by atoms with Gasteiger partial charge in [-0.2, -0.15) is 132 Å². The molecule has 0 saturated heterocycles. The summed E-state index contributed by atoms with van der Waals surface area (Å²) in [5, 5.41) is 0. The molecule has 73 heavy (non-hydrogen) atoms. The van der Waals surface area contributed by atoms with Gasteiger partial charge in [0.05, 0.1) is 50.7 Å². The number of benzene rings is 5. The molecule has 0 aliphatic carbocycles. The summed E-state index contributed by atoms with van der Waals surface area (Å²) >= 11 is 5.55. The van der Waals surface area contributed by atoms with Gasteiger partial charge in [-0.15, -0.1) is 0 Å². The first-order chi connectivity index (χ1) is 33.2. The summed E-state index contributed by atoms with van der Waals surface area (Å²) in [4.78, 5) is 4.00. The van der Waals surface area contributed by atoms with Gasteiger partial charge in [-0.05, 0) is 24.3 Å². The Labute approximate surface area is 398 Å². The Kier molecular flexibility index (Phi) is 15.9. The SMILES string of the molecule is ClCOc1cncc[n+]1Cc1ccccc1.FC(F)(F)c1cc([B-](c2cc(C(F)(F)F)cc(C(F)(F)F)c2)(c2cc(C(F)(F)F)cc(C(F)(F)F)c2)c2cc(C(F)(F)F)cc(C(F)(F)F)c2)cc(C(F)(F)F)c1. The van der Waals surface area contributed by atoms with Crippen molar-refractivity contribution >= 4 is 39.6 Å². The van der Waals surface area contributed by atoms with E-state index in [1.165, 1.54) is 5.56 Å². The van der Waals surface area contributed by atoms with E-state index in [2.05, 4.69) is 17.1 Å². The lowest BCUT2D eigenvalue weighted by Gasteiger charge is -2.46. The Morgan fingerprint density at radius 2 is 0.658 bits per heavy atom. The van der Waals surface area contributed by atoms with Crippen LogP contribution in [0.15, 0.2) is 122 Å². The van der Waals surface area contributed by atoms with E-state index in [0.29, 0.717) is 5.88 Å². The van der Waals surface area contributed by atoms with E-state index in [-0.39, 0.29) is 6.07 Å². The van der Waals surface area contributed by atoms with Gasteiger partial charge in [0.15, 0.2) is 18.8 Å². The maximum atomic E-state index is 14.2. The lowest BCUT2D eigenvalue weighted by molar-refractivity contribution is -0.693. The van der Waals surface area contributed by atoms with Crippen LogP contribution in [0, 0.1) is 0 Å². The molecule has 0 unspecified atom stereocenters. The zero-order valence-electron chi connectivity index (χ0n) is 35.3. The van der Waals surface area contributed by atoms with Crippen LogP contribution in [-0.2, 0) is 56.0 Å². The quantitative estimate of drug-likeness (QED) is 0.0657. The average molecular weight is 1100 g/mol. The second kappa shape index (κ2) is 20.2. The highest BCUT2D eigenvalue weighted by Crippen LogP contribution is 2.41. The first kappa shape index (κ1) is 57.6. The summed E-state index contributed by atoms with van der Waals surface area (Å²) in [5.41, 5.74) is -29.0. The Morgan fingerprint density at radius 1 is 0.397 bits per heavy atom. The number of alkyl halides is 25. The number of hydrogen-bond acceptors (Lipinski definition) is 2. The molecule has 0 N–H and O–H groups in total. The molecule has 0 fully saturated rings. The maximum Gasteiger partial charge on any atom is 0.416 e. The predicted molar refractivity (Wildman–Crippen MR) is 211 cm³/mol. The van der Waals surface area contributed by atoms with Crippen molar-refractivity contribution in [2.75, 3.05) is 6.07 Å². The van der Waals surface area contributed by atoms with Gasteiger partial charge in [0.2, 0.25) is 0 Å². The van der Waals surface area contributed by atoms with Crippen LogP contribution in [-0.4, -0.2) is 17.2 Å². The monoisotopic (exact) mass is 1100 g/mol. The molecule has 1 aromatic heterocycles. The van der Waals surface area contributed by atoms with Crippen molar-refractivity contribution in [2.24, 2.45) is 0 Å². The molecule has 0 radical (unpaired) electrons. The number of aromatic nitrogens is 2. The summed E-state index contributed by atoms with van der Waals surface area (Å²) in [5.74, 6) is 0.668. The molecular formula is C44H24BClF24N2O. The number of rotatable bonds is 8. The van der Waals surface area contributed by atoms with Crippen molar-refractivity contribution in [3.05, 3.63) is 172 Å². The van der Waals surface area contributed by atoms with E-state index in [1.54, 1.807) is 12.4 Å². The molecule has 0 bridgehead atoms. The summed E-state index contributed by atoms with van der Waals surface area (Å²) < 4.78 is 348. The predicted octanol–water partition coefficient (Wildman–Crippen LogP) is 13.2. The summed E-state index contributed by atoms with van der Waals surface area (Å²) in [6.07, 6.45) is -49.6. The van der Waals surface area contributed by atoms with Crippen molar-refractivity contribution in [2.45, 2.75) is 56.0 Å². The fourth-order valence-corrected chi connectivity index (χ4v) is 7.64. The maximum absolute atomic E-state index is 14.2. The van der Waals surface area contributed by atoms with Gasteiger partial charge < -0.3 is 4.74 Å². The van der Waals surface area contributed by atoms with Crippen LogP contribution in [0.25, 0.3) is 0 Å². The van der Waals surface area contributed by atoms with E-state index in [0.717, 1.165) is 6.54 Å². The molecule has 6 rings (SSSR count). The van der Waals surface area contributed by atoms with Crippen molar-refractivity contribution in [1.29, 1.82) is 0 Å². The molecule has 6 aromatic rings. The summed E-state index contributed by atoms with van der Waals surface area (Å²) in [6, 6.07) is 1.47. The third-order valence-electron chi connectivity index (χ3n) is 10.6. The minimum Gasteiger partial charge on any atom is -0.427 e. The zero-order chi connectivity index (χ0) is 55.1. The Balaban J connectivity index is 0.000000520. The van der Waals surface area contributed by atoms with E-state index < -0.39 is 195 Å². The molecule has 29 heteroatoms. The van der Waals surface area contributed by atoms with Gasteiger partial charge in [0.25, 0.3) is 0 Å². The molecule has 0 aliphatic rings. The van der Waals surface area contributed by atoms with Crippen molar-refractivity contribution in [1.82, 2.24) is 4.98 Å². The topological polar surface area (TPSA) is 26.0 Å². The highest BCUT2D eigenvalue weighted by molar-refractivity contribution is 7.20. The first-order valence-electron chi connectivity index (χ1n) is 19.6. The van der Waals surface area contributed by atoms with Crippen LogP contribution in [0.3, 0.4) is 0 Å². The van der Waals surface area contributed by atoms with Gasteiger partial charge in [-0.3, -0.25) is 0 Å². The fourth-order valence-electron chi connectivity index (χ4n) is 7.53. The first-order valence-corrected chi connectivity index (χ1v) is 20.1. The van der Waals surface area contributed by atoms with E-state index in [4.69, 9.17) is 16.3 Å². The lowest BCUT2D eigenvalue weighted by atomic mass is 9.12. The molecule has 0 atom stereocenters. The Hall–Kier alpha value is -6.35. The molecule has 0 amide bonds. The van der Waals surface area contributed by atoms with Gasteiger partial charge in [-0.25, -0.2) is 4.98 Å². The molecule has 5 aromatic carbocycles. The third-order valence-corrected chi connectivity index (χ3v) is 10.7. The largest absolute Gasteiger partial charge is 0.427 e. The summed E-state index contributed by atoms with van der Waals surface area (Å²) in [6.45, 7) is 0.746. The van der Waals surface area contributed by atoms with Crippen LogP contribution in [0.5, 0.6) is 5.88 Å². The van der Waals surface area contributed by atoms with Crippen LogP contribution >= 0.6 is 11.6 Å². The highest BCUT2D eigenvalue weighted by Gasteiger charge is 2.47. The van der Waals surface area contributed by atoms with Crippen molar-refractivity contribution in [3.8, 4) is 5.88 Å². The number of nitrogens with zero attached hydrogens (tertiary/aromatic N) is 2. The fraction of sp³-hybridized carbons (Fsp3) is 0.227. The molecule has 394 valence electrons. The lowest BCUT2D eigenvalue weighted by Crippen LogP contribution is -2.75. The molecule has 1 heterocycles. The van der Waals surface area contributed by atoms with Gasteiger partial charge in [-0.1, -0.05) is 90.5 Å². The van der Waals surface area contributed by atoms with E-state index in [9.17, 15) is 105 Å². The van der Waals surface area contributed by atoms with Crippen LogP contribution in [0.4, 0.5) is 105 Å². The average Bonchev–Trinajstić information content (AvgIpc) is 3.25. The van der Waals surface area contributed by atoms with Crippen molar-refractivity contribution in [3.63, 3.8) is 0 Å². The van der Waals surface area contributed by atoms with E-state index in [1.807, 2.05) is 29.0 Å². The molecular weight excluding hydrogens is 1070 g/mol. The highest BCUT2D eigenvalue weighted by atomic mass is 35.5. The molecule has 0 spiro atoms. The third kappa shape index (κ3) is 13.6. The van der Waals surface area contributed by atoms with Crippen LogP contribution in [0.1, 0.15) is 50.1 Å². The molecule has 3 nitrogen and oxygen atoms in total. The minimum atomic E-state index is -6.13. The molecule has 0 aliphatic heterocycles. The summed E-state index contributed by atoms with van der Waals surface area (Å²) in [7, 11) is 0. The Bertz CT molecular complexity index is 2460. The standard InChI is InChI=1S/C32H12BF24.C12H12ClN2O/c34-25(35,36)13-1-14(26(37,38)39)6-21(5-13)33(22-7-15(27(40,41)42)2-16(8-22)28(43,44)45,23-9-17(29(46,47)48)3-18(10-23)30(49,50)51)24-11-19(31(52,53)54)4-20(12-24)32(55,56)57;13-10-16-12-8-14-6-7-15(12)9-11-4-2-1-3-5-11/h1-12H;1-8H,9-10H2/q-1;+1. The van der Waals surface area contributed by atoms with Gasteiger partial charge >= 0.3 is 55.3 Å². The number of ether oxygens (including phenoxy) is 1. The smallest absolute Gasteiger partial charge is 0.416 e. The second-order valence-electron chi connectivity index (χ2n) is 15.5. The Morgan fingerprint density at radius 3 is 0.890 bits per heavy atom. The zero-order valence-corrected chi connectivity index (χ0v) is 36.0. The van der Waals surface area contributed by atoms with Crippen LogP contribution < -0.4 is 31.2 Å². The minimum absolute atomic E-state index is 0.125. The second-order valence-corrected chi connectivity index (χ2v) is 15.7. The van der Waals surface area contributed by atoms with Crippen molar-refractivity contribution < 1.29 is 115 Å². The van der Waals surface area contributed by atoms with E-state index >= 15 is 0 Å².